The van der Waals surface area contributed by atoms with E-state index in [9.17, 15) is 0 Å². The van der Waals surface area contributed by atoms with Gasteiger partial charge in [-0.05, 0) is 27.0 Å². The van der Waals surface area contributed by atoms with Crippen molar-refractivity contribution in [1.82, 2.24) is 5.32 Å². The Labute approximate surface area is 63.0 Å². The molecule has 0 rings (SSSR count). The molecule has 0 aliphatic carbocycles. The molecular weight excluding hydrogens is 124 g/mol. The molecule has 0 radical (unpaired) electrons. The normalized spacial score (nSPS) is 12.9. The molecule has 10 heavy (non-hydrogen) atoms. The van der Waals surface area contributed by atoms with E-state index < -0.39 is 0 Å². The van der Waals surface area contributed by atoms with E-state index in [-0.39, 0.29) is 0 Å². The average molecular weight is 140 g/mol. The lowest BCUT2D eigenvalue weighted by Gasteiger charge is -1.97. The minimum atomic E-state index is 0.859. The summed E-state index contributed by atoms with van der Waals surface area (Å²) in [6, 6.07) is 0. The van der Waals surface area contributed by atoms with Gasteiger partial charge in [-0.15, -0.1) is 0 Å². The first kappa shape index (κ1) is 9.37. The second-order valence-electron chi connectivity index (χ2n) is 2.00. The molecule has 2 heteroatoms. The van der Waals surface area contributed by atoms with Gasteiger partial charge in [-0.2, -0.15) is 0 Å². The summed E-state index contributed by atoms with van der Waals surface area (Å²) < 4.78 is 0. The molecule has 0 aliphatic rings. The molecule has 0 unspecified atom stereocenters. The Hall–Kier alpha value is -0.630. The SMILES string of the molecule is C/C=C\C(CNC)=NCC. The van der Waals surface area contributed by atoms with Crippen LogP contribution in [0.4, 0.5) is 0 Å². The van der Waals surface area contributed by atoms with Crippen LogP contribution in [0.3, 0.4) is 0 Å². The molecular formula is C8H16N2. The molecule has 0 amide bonds. The Morgan fingerprint density at radius 3 is 2.70 bits per heavy atom. The summed E-state index contributed by atoms with van der Waals surface area (Å²) in [4.78, 5) is 4.27. The summed E-state index contributed by atoms with van der Waals surface area (Å²) in [6.07, 6.45) is 4.03. The van der Waals surface area contributed by atoms with Gasteiger partial charge in [0.2, 0.25) is 0 Å². The average Bonchev–Trinajstić information content (AvgIpc) is 1.90. The Kier molecular flexibility index (Phi) is 6.08. The minimum absolute atomic E-state index is 0.859. The van der Waals surface area contributed by atoms with Crippen LogP contribution in [0, 0.1) is 0 Å². The van der Waals surface area contributed by atoms with E-state index >= 15 is 0 Å². The highest BCUT2D eigenvalue weighted by Crippen LogP contribution is 1.80. The standard InChI is InChI=1S/C8H16N2/c1-4-6-8(7-9-3)10-5-2/h4,6,9H,5,7H2,1-3H3/b6-4-,10-8?. The number of nitrogens with one attached hydrogen (secondary N) is 1. The van der Waals surface area contributed by atoms with E-state index in [1.165, 1.54) is 0 Å². The van der Waals surface area contributed by atoms with Crippen LogP contribution in [0.2, 0.25) is 0 Å². The van der Waals surface area contributed by atoms with Crippen molar-refractivity contribution in [3.8, 4) is 0 Å². The Balaban J connectivity index is 3.84. The van der Waals surface area contributed by atoms with Crippen molar-refractivity contribution in [1.29, 1.82) is 0 Å². The number of hydrogen-bond acceptors (Lipinski definition) is 2. The lowest BCUT2D eigenvalue weighted by Crippen LogP contribution is -2.16. The molecule has 0 saturated carbocycles. The Morgan fingerprint density at radius 1 is 1.60 bits per heavy atom. The molecule has 0 atom stereocenters. The van der Waals surface area contributed by atoms with Crippen molar-refractivity contribution in [3.63, 3.8) is 0 Å². The van der Waals surface area contributed by atoms with Crippen LogP contribution in [0.5, 0.6) is 0 Å². The predicted molar refractivity (Wildman–Crippen MR) is 46.7 cm³/mol. The van der Waals surface area contributed by atoms with Gasteiger partial charge in [-0.1, -0.05) is 6.08 Å². The molecule has 58 valence electrons. The van der Waals surface area contributed by atoms with Gasteiger partial charge in [0.1, 0.15) is 0 Å². The molecule has 0 aromatic rings. The van der Waals surface area contributed by atoms with Gasteiger partial charge in [-0.25, -0.2) is 0 Å². The third-order valence-corrected chi connectivity index (χ3v) is 1.08. The molecule has 0 aromatic heterocycles. The van der Waals surface area contributed by atoms with Crippen molar-refractivity contribution < 1.29 is 0 Å². The number of rotatable bonds is 4. The van der Waals surface area contributed by atoms with Gasteiger partial charge < -0.3 is 5.32 Å². The summed E-state index contributed by atoms with van der Waals surface area (Å²) in [7, 11) is 1.93. The van der Waals surface area contributed by atoms with Crippen molar-refractivity contribution in [2.75, 3.05) is 20.1 Å². The molecule has 0 fully saturated rings. The maximum absolute atomic E-state index is 4.27. The third kappa shape index (κ3) is 4.27. The Morgan fingerprint density at radius 2 is 2.30 bits per heavy atom. The van der Waals surface area contributed by atoms with Crippen molar-refractivity contribution in [2.24, 2.45) is 4.99 Å². The molecule has 0 bridgehead atoms. The topological polar surface area (TPSA) is 24.4 Å². The van der Waals surface area contributed by atoms with Gasteiger partial charge in [0.15, 0.2) is 0 Å². The lowest BCUT2D eigenvalue weighted by molar-refractivity contribution is 0.939. The van der Waals surface area contributed by atoms with E-state index in [1.807, 2.05) is 33.0 Å². The fourth-order valence-corrected chi connectivity index (χ4v) is 0.744. The van der Waals surface area contributed by atoms with Gasteiger partial charge in [-0.3, -0.25) is 4.99 Å². The first-order valence-corrected chi connectivity index (χ1v) is 3.65. The molecule has 0 aliphatic heterocycles. The summed E-state index contributed by atoms with van der Waals surface area (Å²) in [5, 5.41) is 3.06. The van der Waals surface area contributed by atoms with Crippen molar-refractivity contribution in [3.05, 3.63) is 12.2 Å². The number of hydrogen-bond donors (Lipinski definition) is 1. The van der Waals surface area contributed by atoms with Gasteiger partial charge in [0, 0.05) is 18.8 Å². The van der Waals surface area contributed by atoms with Crippen molar-refractivity contribution >= 4 is 5.71 Å². The number of allylic oxidation sites excluding steroid dienone is 1. The van der Waals surface area contributed by atoms with E-state index in [1.54, 1.807) is 0 Å². The van der Waals surface area contributed by atoms with Crippen LogP contribution >= 0.6 is 0 Å². The van der Waals surface area contributed by atoms with Crippen LogP contribution in [0.25, 0.3) is 0 Å². The fourth-order valence-electron chi connectivity index (χ4n) is 0.744. The van der Waals surface area contributed by atoms with E-state index in [0.29, 0.717) is 0 Å². The molecule has 0 saturated heterocycles. The largest absolute Gasteiger partial charge is 0.314 e. The second-order valence-corrected chi connectivity index (χ2v) is 2.00. The van der Waals surface area contributed by atoms with Crippen LogP contribution in [0.1, 0.15) is 13.8 Å². The minimum Gasteiger partial charge on any atom is -0.314 e. The van der Waals surface area contributed by atoms with E-state index in [4.69, 9.17) is 0 Å². The molecule has 0 heterocycles. The second kappa shape index (κ2) is 6.49. The zero-order chi connectivity index (χ0) is 7.82. The zero-order valence-corrected chi connectivity index (χ0v) is 7.02. The summed E-state index contributed by atoms with van der Waals surface area (Å²) in [5.41, 5.74) is 1.12. The van der Waals surface area contributed by atoms with E-state index in [2.05, 4.69) is 10.3 Å². The van der Waals surface area contributed by atoms with Crippen LogP contribution in [-0.2, 0) is 0 Å². The Bertz CT molecular complexity index is 125. The molecule has 0 aromatic carbocycles. The fraction of sp³-hybridized carbons (Fsp3) is 0.625. The van der Waals surface area contributed by atoms with Gasteiger partial charge >= 0.3 is 0 Å². The monoisotopic (exact) mass is 140 g/mol. The maximum Gasteiger partial charge on any atom is 0.0482 e. The summed E-state index contributed by atoms with van der Waals surface area (Å²) >= 11 is 0. The highest BCUT2D eigenvalue weighted by molar-refractivity contribution is 5.96. The number of nitrogens with zero attached hydrogens (tertiary/aromatic N) is 1. The third-order valence-electron chi connectivity index (χ3n) is 1.08. The highest BCUT2D eigenvalue weighted by atomic mass is 14.8. The van der Waals surface area contributed by atoms with Crippen LogP contribution in [-0.4, -0.2) is 25.8 Å². The van der Waals surface area contributed by atoms with Gasteiger partial charge in [0.25, 0.3) is 0 Å². The summed E-state index contributed by atoms with van der Waals surface area (Å²) in [6.45, 7) is 5.76. The molecule has 0 spiro atoms. The summed E-state index contributed by atoms with van der Waals surface area (Å²) in [5.74, 6) is 0. The molecule has 2 nitrogen and oxygen atoms in total. The first-order chi connectivity index (χ1) is 4.85. The smallest absolute Gasteiger partial charge is 0.0482 e. The first-order valence-electron chi connectivity index (χ1n) is 3.65. The highest BCUT2D eigenvalue weighted by Gasteiger charge is 1.87. The lowest BCUT2D eigenvalue weighted by atomic mass is 10.3. The van der Waals surface area contributed by atoms with Crippen molar-refractivity contribution in [2.45, 2.75) is 13.8 Å². The van der Waals surface area contributed by atoms with Crippen LogP contribution in [0.15, 0.2) is 17.1 Å². The zero-order valence-electron chi connectivity index (χ0n) is 7.02. The van der Waals surface area contributed by atoms with E-state index in [0.717, 1.165) is 18.8 Å². The molecule has 1 N–H and O–H groups in total. The predicted octanol–water partition coefficient (Wildman–Crippen LogP) is 1.24. The maximum atomic E-state index is 4.27. The van der Waals surface area contributed by atoms with Crippen LogP contribution < -0.4 is 5.32 Å². The number of aliphatic imine (C=N–C) groups is 1. The quantitative estimate of drug-likeness (QED) is 0.584. The van der Waals surface area contributed by atoms with Gasteiger partial charge in [0.05, 0.1) is 0 Å².